The molecule has 0 aromatic heterocycles. The molecule has 0 saturated carbocycles. The molecule has 0 nitrogen and oxygen atoms in total. The molecule has 49 heavy (non-hydrogen) atoms. The summed E-state index contributed by atoms with van der Waals surface area (Å²) in [7, 11) is 1.01. The molecule has 0 amide bonds. The first kappa shape index (κ1) is 30.0. The van der Waals surface area contributed by atoms with Crippen molar-refractivity contribution in [3.05, 3.63) is 167 Å². The Labute approximate surface area is 291 Å². The first-order valence-corrected chi connectivity index (χ1v) is 18.2. The van der Waals surface area contributed by atoms with Gasteiger partial charge in [0.25, 0.3) is 0 Å². The number of fused-ring (bicyclic) bond motifs is 6. The molecule has 0 saturated heterocycles. The van der Waals surface area contributed by atoms with Crippen molar-refractivity contribution in [2.24, 2.45) is 5.92 Å². The zero-order valence-corrected chi connectivity index (χ0v) is 28.6. The van der Waals surface area contributed by atoms with Gasteiger partial charge in [0, 0.05) is 0 Å². The molecule has 1 heterocycles. The Bertz CT molecular complexity index is 2410. The lowest BCUT2D eigenvalue weighted by Crippen LogP contribution is -2.32. The van der Waals surface area contributed by atoms with Gasteiger partial charge in [0.2, 0.25) is 0 Å². The van der Waals surface area contributed by atoms with Gasteiger partial charge in [-0.1, -0.05) is 163 Å². The van der Waals surface area contributed by atoms with Crippen molar-refractivity contribution < 1.29 is 0 Å². The number of allylic oxidation sites excluding steroid dienone is 1. The Hall–Kier alpha value is -5.14. The molecule has 2 bridgehead atoms. The molecule has 0 radical (unpaired) electrons. The molecule has 0 N–H and O–H groups in total. The summed E-state index contributed by atoms with van der Waals surface area (Å²) in [6.07, 6.45) is 8.15. The third-order valence-corrected chi connectivity index (χ3v) is 11.6. The third-order valence-electron chi connectivity index (χ3n) is 11.6. The molecule has 1 aliphatic carbocycles. The van der Waals surface area contributed by atoms with Crippen LogP contribution in [0.4, 0.5) is 0 Å². The van der Waals surface area contributed by atoms with E-state index in [2.05, 4.69) is 153 Å². The van der Waals surface area contributed by atoms with Gasteiger partial charge in [0.15, 0.2) is 7.28 Å². The molecular formula is C48H41B. The Morgan fingerprint density at radius 2 is 1.33 bits per heavy atom. The normalized spacial score (nSPS) is 15.4. The van der Waals surface area contributed by atoms with E-state index < -0.39 is 0 Å². The quantitative estimate of drug-likeness (QED) is 0.170. The first-order chi connectivity index (χ1) is 24.2. The highest BCUT2D eigenvalue weighted by molar-refractivity contribution is 6.68. The minimum Gasteiger partial charge on any atom is -0.0754 e. The molecule has 1 atom stereocenters. The van der Waals surface area contributed by atoms with Gasteiger partial charge >= 0.3 is 0 Å². The molecule has 1 aliphatic heterocycles. The zero-order valence-electron chi connectivity index (χ0n) is 28.6. The standard InChI is InChI=1S/C48H41B/c1-3-32-27-35-17-11-21-45(31(35)2)49-46-22-12-20-39(43(46)28-32)37-25-26-42-44(30-37)48(38-24-23-33-13-7-8-16-36(33)29-38)41-19-10-9-18-40(41)47(42)34-14-5-4-6-15-34/h4-24,29-30,32,49H,3,25-28H2,1-2H3. The Balaban J connectivity index is 1.30. The van der Waals surface area contributed by atoms with Crippen molar-refractivity contribution >= 4 is 51.4 Å². The molecule has 7 aromatic rings. The highest BCUT2D eigenvalue weighted by Gasteiger charge is 2.26. The predicted octanol–water partition coefficient (Wildman–Crippen LogP) is 10.6. The summed E-state index contributed by atoms with van der Waals surface area (Å²) in [6, 6.07) is 50.2. The summed E-state index contributed by atoms with van der Waals surface area (Å²) in [6.45, 7) is 4.72. The van der Waals surface area contributed by atoms with E-state index in [9.17, 15) is 0 Å². The zero-order chi connectivity index (χ0) is 32.9. The van der Waals surface area contributed by atoms with Crippen molar-refractivity contribution in [3.8, 4) is 22.3 Å². The molecular weight excluding hydrogens is 587 g/mol. The average Bonchev–Trinajstić information content (AvgIpc) is 3.17. The lowest BCUT2D eigenvalue weighted by atomic mass is 9.60. The van der Waals surface area contributed by atoms with Crippen LogP contribution in [0.25, 0.3) is 55.4 Å². The fourth-order valence-corrected chi connectivity index (χ4v) is 8.90. The van der Waals surface area contributed by atoms with Crippen LogP contribution in [0.5, 0.6) is 0 Å². The lowest BCUT2D eigenvalue weighted by Gasteiger charge is -2.28. The van der Waals surface area contributed by atoms with Crippen LogP contribution in [-0.4, -0.2) is 7.28 Å². The monoisotopic (exact) mass is 628 g/mol. The molecule has 2 aliphatic rings. The van der Waals surface area contributed by atoms with E-state index in [0.29, 0.717) is 5.92 Å². The summed E-state index contributed by atoms with van der Waals surface area (Å²) < 4.78 is 0. The van der Waals surface area contributed by atoms with Crippen molar-refractivity contribution in [2.75, 3.05) is 0 Å². The van der Waals surface area contributed by atoms with Crippen LogP contribution in [0, 0.1) is 12.8 Å². The highest BCUT2D eigenvalue weighted by Crippen LogP contribution is 2.47. The average molecular weight is 629 g/mol. The fraction of sp³-hybridized carbons (Fsp3) is 0.167. The number of benzene rings is 7. The van der Waals surface area contributed by atoms with Crippen molar-refractivity contribution in [3.63, 3.8) is 0 Å². The molecule has 7 aromatic carbocycles. The van der Waals surface area contributed by atoms with E-state index in [1.807, 2.05) is 0 Å². The lowest BCUT2D eigenvalue weighted by molar-refractivity contribution is 0.504. The second-order valence-electron chi connectivity index (χ2n) is 14.3. The summed E-state index contributed by atoms with van der Waals surface area (Å²) >= 11 is 0. The Morgan fingerprint density at radius 1 is 0.592 bits per heavy atom. The summed E-state index contributed by atoms with van der Waals surface area (Å²) in [5.41, 5.74) is 18.8. The summed E-state index contributed by atoms with van der Waals surface area (Å²) in [5, 5.41) is 5.24. The van der Waals surface area contributed by atoms with Crippen LogP contribution in [0.1, 0.15) is 53.1 Å². The van der Waals surface area contributed by atoms with Gasteiger partial charge in [0.1, 0.15) is 0 Å². The Morgan fingerprint density at radius 3 is 2.16 bits per heavy atom. The number of rotatable bonds is 4. The number of hydrogen-bond donors (Lipinski definition) is 0. The van der Waals surface area contributed by atoms with Crippen LogP contribution in [0.15, 0.2) is 133 Å². The van der Waals surface area contributed by atoms with Gasteiger partial charge in [-0.15, -0.1) is 0 Å². The van der Waals surface area contributed by atoms with E-state index >= 15 is 0 Å². The minimum absolute atomic E-state index is 0.630. The molecule has 0 fully saturated rings. The van der Waals surface area contributed by atoms with Gasteiger partial charge in [0.05, 0.1) is 0 Å². The first-order valence-electron chi connectivity index (χ1n) is 18.2. The van der Waals surface area contributed by atoms with Crippen LogP contribution >= 0.6 is 0 Å². The second kappa shape index (κ2) is 12.4. The minimum atomic E-state index is 0.630. The number of hydrogen-bond acceptors (Lipinski definition) is 0. The maximum absolute atomic E-state index is 2.59. The smallest absolute Gasteiger partial charge is 0.0754 e. The van der Waals surface area contributed by atoms with Gasteiger partial charge in [-0.2, -0.15) is 0 Å². The Kier molecular flexibility index (Phi) is 7.58. The van der Waals surface area contributed by atoms with E-state index in [1.165, 1.54) is 94.5 Å². The van der Waals surface area contributed by atoms with Gasteiger partial charge in [-0.05, 0) is 122 Å². The van der Waals surface area contributed by atoms with Crippen LogP contribution in [0.2, 0.25) is 0 Å². The maximum Gasteiger partial charge on any atom is 0.192 e. The topological polar surface area (TPSA) is 0 Å². The van der Waals surface area contributed by atoms with Crippen LogP contribution < -0.4 is 10.9 Å². The van der Waals surface area contributed by atoms with Crippen LogP contribution in [0.3, 0.4) is 0 Å². The van der Waals surface area contributed by atoms with Crippen LogP contribution in [-0.2, 0) is 19.3 Å². The van der Waals surface area contributed by atoms with Gasteiger partial charge in [-0.25, -0.2) is 0 Å². The molecule has 0 spiro atoms. The van der Waals surface area contributed by atoms with E-state index in [1.54, 1.807) is 5.56 Å². The molecule has 9 rings (SSSR count). The SMILES string of the molecule is CCC1Cc2cccc(c2C)Bc2cccc(C3=Cc4c(c(-c5ccccc5)c5ccccc5c4-c4ccc5ccccc5c4)CC3)c2C1. The third kappa shape index (κ3) is 5.24. The van der Waals surface area contributed by atoms with Gasteiger partial charge < -0.3 is 0 Å². The molecule has 236 valence electrons. The van der Waals surface area contributed by atoms with Crippen molar-refractivity contribution in [1.82, 2.24) is 0 Å². The fourth-order valence-electron chi connectivity index (χ4n) is 8.90. The van der Waals surface area contributed by atoms with E-state index in [0.717, 1.165) is 33.0 Å². The summed E-state index contributed by atoms with van der Waals surface area (Å²) in [4.78, 5) is 0. The maximum atomic E-state index is 2.59. The summed E-state index contributed by atoms with van der Waals surface area (Å²) in [5.74, 6) is 0.630. The molecule has 1 heteroatoms. The second-order valence-corrected chi connectivity index (χ2v) is 14.3. The van der Waals surface area contributed by atoms with E-state index in [-0.39, 0.29) is 0 Å². The highest BCUT2D eigenvalue weighted by atomic mass is 14.3. The largest absolute Gasteiger partial charge is 0.192 e. The van der Waals surface area contributed by atoms with Gasteiger partial charge in [-0.3, -0.25) is 0 Å². The van der Waals surface area contributed by atoms with Crippen molar-refractivity contribution in [2.45, 2.75) is 46.0 Å². The van der Waals surface area contributed by atoms with Crippen molar-refractivity contribution in [1.29, 1.82) is 0 Å². The predicted molar refractivity (Wildman–Crippen MR) is 214 cm³/mol. The molecule has 1 unspecified atom stereocenters. The van der Waals surface area contributed by atoms with E-state index in [4.69, 9.17) is 0 Å².